The van der Waals surface area contributed by atoms with Crippen molar-refractivity contribution in [3.05, 3.63) is 11.1 Å². The van der Waals surface area contributed by atoms with E-state index in [1.807, 2.05) is 12.3 Å². The molecule has 2 aliphatic rings. The normalized spacial score (nSPS) is 24.4. The number of hydrogen-bond donors (Lipinski definition) is 2. The Balaban J connectivity index is 0.00000120. The number of hydrogen-bond acceptors (Lipinski definition) is 4. The molecule has 0 bridgehead atoms. The van der Waals surface area contributed by atoms with E-state index in [1.54, 1.807) is 0 Å². The Bertz CT molecular complexity index is 442. The van der Waals surface area contributed by atoms with Crippen LogP contribution in [0.2, 0.25) is 0 Å². The van der Waals surface area contributed by atoms with E-state index in [4.69, 9.17) is 0 Å². The number of aryl methyl sites for hydroxylation is 1. The third-order valence-corrected chi connectivity index (χ3v) is 4.83. The highest BCUT2D eigenvalue weighted by Gasteiger charge is 2.57. The van der Waals surface area contributed by atoms with E-state index in [1.165, 1.54) is 11.3 Å². The summed E-state index contributed by atoms with van der Waals surface area (Å²) in [5, 5.41) is 9.00. The van der Waals surface area contributed by atoms with Crippen molar-refractivity contribution in [2.24, 2.45) is 11.3 Å². The van der Waals surface area contributed by atoms with Gasteiger partial charge in [0.25, 0.3) is 0 Å². The number of anilines is 1. The van der Waals surface area contributed by atoms with E-state index in [-0.39, 0.29) is 24.2 Å². The summed E-state index contributed by atoms with van der Waals surface area (Å²) in [6, 6.07) is 0. The molecule has 0 aromatic carbocycles. The third-order valence-electron chi connectivity index (χ3n) is 3.95. The maximum absolute atomic E-state index is 12.1. The fourth-order valence-corrected chi connectivity index (χ4v) is 3.49. The van der Waals surface area contributed by atoms with Crippen LogP contribution in [0, 0.1) is 18.3 Å². The average Bonchev–Trinajstić information content (AvgIpc) is 2.85. The molecule has 1 aromatic rings. The van der Waals surface area contributed by atoms with E-state index in [0.717, 1.165) is 43.2 Å². The fourth-order valence-electron chi connectivity index (χ4n) is 2.80. The van der Waals surface area contributed by atoms with E-state index in [2.05, 4.69) is 15.6 Å². The predicted molar refractivity (Wildman–Crippen MR) is 75.4 cm³/mol. The van der Waals surface area contributed by atoms with Crippen molar-refractivity contribution in [2.75, 3.05) is 18.4 Å². The molecule has 1 atom stereocenters. The van der Waals surface area contributed by atoms with Crippen molar-refractivity contribution in [1.29, 1.82) is 0 Å². The van der Waals surface area contributed by atoms with E-state index in [0.29, 0.717) is 5.41 Å². The molecule has 18 heavy (non-hydrogen) atoms. The van der Waals surface area contributed by atoms with Gasteiger partial charge in [0.15, 0.2) is 5.13 Å². The van der Waals surface area contributed by atoms with Crippen LogP contribution >= 0.6 is 23.7 Å². The van der Waals surface area contributed by atoms with Crippen LogP contribution in [0.1, 0.15) is 25.0 Å². The van der Waals surface area contributed by atoms with Gasteiger partial charge >= 0.3 is 0 Å². The molecule has 1 saturated carbocycles. The molecule has 1 amide bonds. The lowest BCUT2D eigenvalue weighted by Gasteiger charge is -2.22. The van der Waals surface area contributed by atoms with Gasteiger partial charge in [0.1, 0.15) is 0 Å². The van der Waals surface area contributed by atoms with Crippen molar-refractivity contribution >= 4 is 34.8 Å². The summed E-state index contributed by atoms with van der Waals surface area (Å²) in [7, 11) is 0. The monoisotopic (exact) mass is 287 g/mol. The lowest BCUT2D eigenvalue weighted by molar-refractivity contribution is -0.118. The molecule has 4 nitrogen and oxygen atoms in total. The summed E-state index contributed by atoms with van der Waals surface area (Å²) in [6.45, 7) is 4.05. The van der Waals surface area contributed by atoms with E-state index in [9.17, 15) is 4.79 Å². The fraction of sp³-hybridized carbons (Fsp3) is 0.667. The zero-order chi connectivity index (χ0) is 11.9. The summed E-state index contributed by atoms with van der Waals surface area (Å²) in [5.74, 6) is 0.384. The van der Waals surface area contributed by atoms with Gasteiger partial charge in [0.2, 0.25) is 5.91 Å². The molecule has 3 rings (SSSR count). The van der Waals surface area contributed by atoms with Crippen LogP contribution in [0.25, 0.3) is 0 Å². The molecule has 2 heterocycles. The molecule has 1 spiro atoms. The Kier molecular flexibility index (Phi) is 3.94. The standard InChI is InChI=1S/C12H17N3OS.ClH/c1-8-7-17-11(14-8)15-10(16)9-6-12(9)2-4-13-5-3-12;/h7,9,13H,2-6H2,1H3,(H,14,15,16);1H. The average molecular weight is 288 g/mol. The van der Waals surface area contributed by atoms with E-state index >= 15 is 0 Å². The van der Waals surface area contributed by atoms with E-state index < -0.39 is 0 Å². The van der Waals surface area contributed by atoms with Gasteiger partial charge in [0.05, 0.1) is 5.69 Å². The maximum atomic E-state index is 12.1. The number of carbonyl (C=O) groups is 1. The number of thiazole rings is 1. The minimum Gasteiger partial charge on any atom is -0.317 e. The second-order valence-corrected chi connectivity index (χ2v) is 6.01. The first-order valence-electron chi connectivity index (χ1n) is 6.13. The number of rotatable bonds is 2. The van der Waals surface area contributed by atoms with Crippen LogP contribution in [-0.4, -0.2) is 24.0 Å². The lowest BCUT2D eigenvalue weighted by Crippen LogP contribution is -2.31. The van der Waals surface area contributed by atoms with Gasteiger partial charge in [-0.15, -0.1) is 23.7 Å². The van der Waals surface area contributed by atoms with Gasteiger partial charge in [-0.1, -0.05) is 0 Å². The number of halogens is 1. The Morgan fingerprint density at radius 1 is 1.56 bits per heavy atom. The Labute approximate surface area is 117 Å². The van der Waals surface area contributed by atoms with Gasteiger partial charge in [0, 0.05) is 11.3 Å². The molecule has 2 N–H and O–H groups in total. The first kappa shape index (κ1) is 13.8. The highest BCUT2D eigenvalue weighted by atomic mass is 35.5. The topological polar surface area (TPSA) is 54.0 Å². The minimum absolute atomic E-state index is 0. The molecule has 0 radical (unpaired) electrons. The molecule has 1 aliphatic heterocycles. The molecule has 1 aliphatic carbocycles. The minimum atomic E-state index is 0. The second-order valence-electron chi connectivity index (χ2n) is 5.15. The highest BCUT2D eigenvalue weighted by Crippen LogP contribution is 2.58. The molecular formula is C12H18ClN3OS. The first-order valence-corrected chi connectivity index (χ1v) is 7.01. The molecule has 2 fully saturated rings. The highest BCUT2D eigenvalue weighted by molar-refractivity contribution is 7.13. The van der Waals surface area contributed by atoms with Crippen LogP contribution in [0.15, 0.2) is 5.38 Å². The molecule has 1 aromatic heterocycles. The van der Waals surface area contributed by atoms with Gasteiger partial charge in [-0.05, 0) is 44.7 Å². The van der Waals surface area contributed by atoms with Crippen molar-refractivity contribution in [1.82, 2.24) is 10.3 Å². The molecule has 100 valence electrons. The molecular weight excluding hydrogens is 270 g/mol. The summed E-state index contributed by atoms with van der Waals surface area (Å²) < 4.78 is 0. The first-order chi connectivity index (χ1) is 8.20. The summed E-state index contributed by atoms with van der Waals surface area (Å²) in [4.78, 5) is 16.4. The molecule has 1 unspecified atom stereocenters. The third kappa shape index (κ3) is 2.53. The van der Waals surface area contributed by atoms with Crippen LogP contribution in [0.3, 0.4) is 0 Å². The van der Waals surface area contributed by atoms with Crippen LogP contribution in [0.5, 0.6) is 0 Å². The van der Waals surface area contributed by atoms with Crippen molar-refractivity contribution in [3.8, 4) is 0 Å². The largest absolute Gasteiger partial charge is 0.317 e. The molecule has 1 saturated heterocycles. The van der Waals surface area contributed by atoms with Crippen LogP contribution in [-0.2, 0) is 4.79 Å². The Morgan fingerprint density at radius 2 is 2.28 bits per heavy atom. The number of aromatic nitrogens is 1. The number of nitrogens with one attached hydrogen (secondary N) is 2. The van der Waals surface area contributed by atoms with Crippen molar-refractivity contribution in [2.45, 2.75) is 26.2 Å². The summed E-state index contributed by atoms with van der Waals surface area (Å²) in [5.41, 5.74) is 1.28. The SMILES string of the molecule is Cc1csc(NC(=O)C2CC23CCNCC3)n1.Cl. The van der Waals surface area contributed by atoms with Gasteiger partial charge in [-0.2, -0.15) is 0 Å². The van der Waals surface area contributed by atoms with Crippen LogP contribution in [0.4, 0.5) is 5.13 Å². The Morgan fingerprint density at radius 3 is 2.89 bits per heavy atom. The second kappa shape index (κ2) is 5.15. The zero-order valence-electron chi connectivity index (χ0n) is 10.4. The number of carbonyl (C=O) groups excluding carboxylic acids is 1. The van der Waals surface area contributed by atoms with Gasteiger partial charge < -0.3 is 10.6 Å². The van der Waals surface area contributed by atoms with Crippen LogP contribution < -0.4 is 10.6 Å². The van der Waals surface area contributed by atoms with Crippen molar-refractivity contribution < 1.29 is 4.79 Å². The molecule has 6 heteroatoms. The lowest BCUT2D eigenvalue weighted by atomic mass is 9.92. The van der Waals surface area contributed by atoms with Crippen molar-refractivity contribution in [3.63, 3.8) is 0 Å². The Hall–Kier alpha value is -0.650. The zero-order valence-corrected chi connectivity index (χ0v) is 12.0. The van der Waals surface area contributed by atoms with Gasteiger partial charge in [-0.25, -0.2) is 4.98 Å². The number of amides is 1. The summed E-state index contributed by atoms with van der Waals surface area (Å²) >= 11 is 1.50. The quantitative estimate of drug-likeness (QED) is 0.877. The predicted octanol–water partition coefficient (Wildman–Crippen LogP) is 2.20. The summed E-state index contributed by atoms with van der Waals surface area (Å²) in [6.07, 6.45) is 3.34. The van der Waals surface area contributed by atoms with Gasteiger partial charge in [-0.3, -0.25) is 4.79 Å². The number of piperidine rings is 1. The smallest absolute Gasteiger partial charge is 0.229 e. The maximum Gasteiger partial charge on any atom is 0.229 e. The number of nitrogens with zero attached hydrogens (tertiary/aromatic N) is 1.